The molecule has 0 spiro atoms. The molecule has 1 N–H and O–H groups in total. The largest absolute Gasteiger partial charge is 0.507 e. The summed E-state index contributed by atoms with van der Waals surface area (Å²) in [5.41, 5.74) is 1.02. The van der Waals surface area contributed by atoms with Crippen molar-refractivity contribution in [2.45, 2.75) is 46.3 Å². The Labute approximate surface area is 219 Å². The summed E-state index contributed by atoms with van der Waals surface area (Å²) in [4.78, 5) is 30.5. The van der Waals surface area contributed by atoms with E-state index in [9.17, 15) is 14.7 Å². The van der Waals surface area contributed by atoms with Gasteiger partial charge in [-0.1, -0.05) is 13.8 Å². The molecule has 1 amide bonds. The number of hydrogen-bond donors (Lipinski definition) is 1. The lowest BCUT2D eigenvalue weighted by molar-refractivity contribution is -0.140. The number of rotatable bonds is 12. The summed E-state index contributed by atoms with van der Waals surface area (Å²) in [6, 6.07) is 11.2. The molecule has 37 heavy (non-hydrogen) atoms. The quantitative estimate of drug-likeness (QED) is 0.253. The Kier molecular flexibility index (Phi) is 9.58. The third-order valence-corrected chi connectivity index (χ3v) is 6.54. The number of methoxy groups -OCH3 is 2. The molecule has 1 heterocycles. The fourth-order valence-corrected chi connectivity index (χ4v) is 4.61. The Morgan fingerprint density at radius 2 is 1.65 bits per heavy atom. The molecule has 3 rings (SSSR count). The molecule has 0 aliphatic carbocycles. The highest BCUT2D eigenvalue weighted by atomic mass is 16.5. The van der Waals surface area contributed by atoms with Gasteiger partial charge in [0.1, 0.15) is 23.0 Å². The van der Waals surface area contributed by atoms with Gasteiger partial charge in [-0.15, -0.1) is 0 Å². The molecule has 2 aromatic rings. The van der Waals surface area contributed by atoms with Crippen LogP contribution in [0.25, 0.3) is 5.76 Å². The predicted molar refractivity (Wildman–Crippen MR) is 143 cm³/mol. The second-order valence-corrected chi connectivity index (χ2v) is 9.17. The van der Waals surface area contributed by atoms with Crippen LogP contribution in [0.4, 0.5) is 0 Å². The number of nitrogens with zero attached hydrogens (tertiary/aromatic N) is 2. The van der Waals surface area contributed by atoms with Crippen molar-refractivity contribution in [1.82, 2.24) is 9.80 Å². The van der Waals surface area contributed by atoms with E-state index in [1.54, 1.807) is 49.6 Å². The topological polar surface area (TPSA) is 88.5 Å². The van der Waals surface area contributed by atoms with Gasteiger partial charge >= 0.3 is 0 Å². The number of carbonyl (C=O) groups excluding carboxylic acids is 2. The van der Waals surface area contributed by atoms with Gasteiger partial charge in [-0.3, -0.25) is 9.59 Å². The zero-order valence-corrected chi connectivity index (χ0v) is 22.6. The second-order valence-electron chi connectivity index (χ2n) is 9.17. The number of hydrogen-bond acceptors (Lipinski definition) is 7. The van der Waals surface area contributed by atoms with Crippen LogP contribution in [-0.4, -0.2) is 73.1 Å². The number of ketones is 1. The minimum atomic E-state index is -0.826. The minimum absolute atomic E-state index is 0.00152. The molecule has 0 bridgehead atoms. The van der Waals surface area contributed by atoms with E-state index >= 15 is 0 Å². The Morgan fingerprint density at radius 1 is 1.00 bits per heavy atom. The first-order chi connectivity index (χ1) is 17.7. The van der Waals surface area contributed by atoms with Crippen LogP contribution in [0.15, 0.2) is 48.0 Å². The van der Waals surface area contributed by atoms with Crippen molar-refractivity contribution >= 4 is 17.4 Å². The van der Waals surface area contributed by atoms with Gasteiger partial charge in [0.15, 0.2) is 0 Å². The van der Waals surface area contributed by atoms with Gasteiger partial charge in [-0.2, -0.15) is 0 Å². The van der Waals surface area contributed by atoms with E-state index in [0.29, 0.717) is 41.3 Å². The van der Waals surface area contributed by atoms with Gasteiger partial charge in [-0.25, -0.2) is 0 Å². The molecule has 1 unspecified atom stereocenters. The van der Waals surface area contributed by atoms with Crippen LogP contribution in [0.5, 0.6) is 17.2 Å². The Hall–Kier alpha value is -3.52. The third kappa shape index (κ3) is 6.25. The van der Waals surface area contributed by atoms with Crippen LogP contribution >= 0.6 is 0 Å². The number of aliphatic hydroxyl groups is 1. The Bertz CT molecular complexity index is 1120. The second kappa shape index (κ2) is 12.6. The summed E-state index contributed by atoms with van der Waals surface area (Å²) < 4.78 is 16.7. The van der Waals surface area contributed by atoms with Crippen LogP contribution in [0.1, 0.15) is 51.3 Å². The van der Waals surface area contributed by atoms with Crippen molar-refractivity contribution in [2.75, 3.05) is 40.4 Å². The molecule has 8 nitrogen and oxygen atoms in total. The van der Waals surface area contributed by atoms with Crippen molar-refractivity contribution < 1.29 is 28.9 Å². The van der Waals surface area contributed by atoms with Crippen molar-refractivity contribution in [3.63, 3.8) is 0 Å². The van der Waals surface area contributed by atoms with E-state index in [4.69, 9.17) is 14.2 Å². The molecule has 1 fully saturated rings. The first-order valence-corrected chi connectivity index (χ1v) is 12.7. The van der Waals surface area contributed by atoms with Gasteiger partial charge in [0.05, 0.1) is 31.9 Å². The van der Waals surface area contributed by atoms with Crippen LogP contribution in [0.3, 0.4) is 0 Å². The number of carbonyl (C=O) groups is 2. The zero-order valence-electron chi connectivity index (χ0n) is 22.6. The van der Waals surface area contributed by atoms with Crippen molar-refractivity contribution in [3.05, 3.63) is 59.2 Å². The smallest absolute Gasteiger partial charge is 0.295 e. The zero-order chi connectivity index (χ0) is 27.1. The van der Waals surface area contributed by atoms with E-state index < -0.39 is 17.7 Å². The predicted octanol–water partition coefficient (Wildman–Crippen LogP) is 4.64. The minimum Gasteiger partial charge on any atom is -0.507 e. The number of likely N-dealkylation sites (tertiary alicyclic amines) is 1. The first-order valence-electron chi connectivity index (χ1n) is 12.7. The molecule has 0 radical (unpaired) electrons. The highest BCUT2D eigenvalue weighted by molar-refractivity contribution is 6.46. The van der Waals surface area contributed by atoms with Gasteiger partial charge in [0, 0.05) is 17.7 Å². The van der Waals surface area contributed by atoms with Crippen molar-refractivity contribution in [1.29, 1.82) is 0 Å². The molecule has 8 heteroatoms. The molecule has 200 valence electrons. The molecule has 0 aromatic heterocycles. The molecular weight excluding hydrogens is 472 g/mol. The first kappa shape index (κ1) is 28.1. The average molecular weight is 511 g/mol. The number of benzene rings is 2. The van der Waals surface area contributed by atoms with Crippen LogP contribution in [0, 0.1) is 0 Å². The van der Waals surface area contributed by atoms with E-state index in [-0.39, 0.29) is 17.4 Å². The molecular formula is C29H38N2O6. The molecule has 1 aliphatic heterocycles. The highest BCUT2D eigenvalue weighted by Crippen LogP contribution is 2.44. The van der Waals surface area contributed by atoms with Crippen LogP contribution in [0.2, 0.25) is 0 Å². The maximum Gasteiger partial charge on any atom is 0.295 e. The SMILES string of the molecule is CCN(CC)CCCN1C(=O)C(=O)C(=C(O)c2ccc(OC(C)C)cc2)C1c1cc(OC)ccc1OC. The Balaban J connectivity index is 2.10. The van der Waals surface area contributed by atoms with Crippen molar-refractivity contribution in [2.24, 2.45) is 0 Å². The highest BCUT2D eigenvalue weighted by Gasteiger charge is 2.47. The average Bonchev–Trinajstić information content (AvgIpc) is 3.15. The fourth-order valence-electron chi connectivity index (χ4n) is 4.61. The van der Waals surface area contributed by atoms with E-state index in [0.717, 1.165) is 19.6 Å². The Morgan fingerprint density at radius 3 is 2.22 bits per heavy atom. The lowest BCUT2D eigenvalue weighted by Gasteiger charge is -2.28. The number of Topliss-reactive ketones (excluding diaryl/α,β-unsaturated/α-hetero) is 1. The fraction of sp³-hybridized carbons (Fsp3) is 0.448. The van der Waals surface area contributed by atoms with Gasteiger partial charge < -0.3 is 29.1 Å². The van der Waals surface area contributed by atoms with Gasteiger partial charge in [0.25, 0.3) is 11.7 Å². The lowest BCUT2D eigenvalue weighted by atomic mass is 9.94. The lowest BCUT2D eigenvalue weighted by Crippen LogP contribution is -2.33. The van der Waals surface area contributed by atoms with E-state index in [2.05, 4.69) is 18.7 Å². The monoisotopic (exact) mass is 510 g/mol. The normalized spacial score (nSPS) is 17.1. The number of amides is 1. The molecule has 1 aliphatic rings. The van der Waals surface area contributed by atoms with Crippen LogP contribution in [-0.2, 0) is 9.59 Å². The summed E-state index contributed by atoms with van der Waals surface area (Å²) in [6.45, 7) is 11.0. The molecule has 2 aromatic carbocycles. The maximum atomic E-state index is 13.4. The van der Waals surface area contributed by atoms with E-state index in [1.807, 2.05) is 13.8 Å². The molecule has 1 saturated heterocycles. The summed E-state index contributed by atoms with van der Waals surface area (Å²) >= 11 is 0. The summed E-state index contributed by atoms with van der Waals surface area (Å²) in [5, 5.41) is 11.4. The maximum absolute atomic E-state index is 13.4. The number of aliphatic hydroxyl groups excluding tert-OH is 1. The third-order valence-electron chi connectivity index (χ3n) is 6.54. The molecule has 0 saturated carbocycles. The standard InChI is InChI=1S/C29H38N2O6/c1-7-30(8-2)16-9-17-31-26(23-18-22(35-5)14-15-24(23)36-6)25(28(33)29(31)34)27(32)20-10-12-21(13-11-20)37-19(3)4/h10-15,18-19,26,32H,7-9,16-17H2,1-6H3. The van der Waals surface area contributed by atoms with Crippen molar-refractivity contribution in [3.8, 4) is 17.2 Å². The summed E-state index contributed by atoms with van der Waals surface area (Å²) in [7, 11) is 3.08. The van der Waals surface area contributed by atoms with Gasteiger partial charge in [0.2, 0.25) is 0 Å². The number of ether oxygens (including phenoxy) is 3. The summed E-state index contributed by atoms with van der Waals surface area (Å²) in [6.07, 6.45) is 0.681. The van der Waals surface area contributed by atoms with Crippen LogP contribution < -0.4 is 14.2 Å². The van der Waals surface area contributed by atoms with E-state index in [1.165, 1.54) is 12.0 Å². The van der Waals surface area contributed by atoms with Gasteiger partial charge in [-0.05, 0) is 82.4 Å². The summed E-state index contributed by atoms with van der Waals surface area (Å²) in [5.74, 6) is 0.0890. The molecule has 1 atom stereocenters.